The first-order valence-corrected chi connectivity index (χ1v) is 8.60. The number of carbonyl (C=O) groups excluding carboxylic acids is 2. The first-order valence-electron chi connectivity index (χ1n) is 7.72. The van der Waals surface area contributed by atoms with Crippen molar-refractivity contribution >= 4 is 35.0 Å². The van der Waals surface area contributed by atoms with Gasteiger partial charge in [0.1, 0.15) is 0 Å². The normalized spacial score (nSPS) is 10.4. The zero-order valence-electron chi connectivity index (χ0n) is 13.8. The predicted molar refractivity (Wildman–Crippen MR) is 98.1 cm³/mol. The number of aryl methyl sites for hydroxylation is 1. The highest BCUT2D eigenvalue weighted by Gasteiger charge is 2.16. The number of thiophene rings is 1. The largest absolute Gasteiger partial charge is 0.452 e. The van der Waals surface area contributed by atoms with Crippen molar-refractivity contribution in [3.05, 3.63) is 58.3 Å². The molecule has 0 atom stereocenters. The maximum absolute atomic E-state index is 12.4. The van der Waals surface area contributed by atoms with Crippen molar-refractivity contribution in [2.24, 2.45) is 0 Å². The molecule has 0 saturated carbocycles. The molecular weight excluding hydrogens is 336 g/mol. The van der Waals surface area contributed by atoms with Crippen LogP contribution in [0.25, 0.3) is 6.08 Å². The maximum atomic E-state index is 12.4. The molecule has 0 fully saturated rings. The molecule has 6 heteroatoms. The lowest BCUT2D eigenvalue weighted by Gasteiger charge is -2.21. The van der Waals surface area contributed by atoms with E-state index in [2.05, 4.69) is 0 Å². The predicted octanol–water partition coefficient (Wildman–Crippen LogP) is 3.56. The highest BCUT2D eigenvalue weighted by molar-refractivity contribution is 7.10. The first kappa shape index (κ1) is 18.4. The van der Waals surface area contributed by atoms with Gasteiger partial charge < -0.3 is 9.64 Å². The van der Waals surface area contributed by atoms with Crippen LogP contribution in [0.3, 0.4) is 0 Å². The molecule has 1 heterocycles. The van der Waals surface area contributed by atoms with E-state index in [1.165, 1.54) is 22.3 Å². The molecule has 1 amide bonds. The van der Waals surface area contributed by atoms with Gasteiger partial charge in [0, 0.05) is 23.2 Å². The smallest absolute Gasteiger partial charge is 0.331 e. The van der Waals surface area contributed by atoms with E-state index in [4.69, 9.17) is 10.00 Å². The molecule has 0 unspecified atom stereocenters. The molecule has 1 aromatic heterocycles. The van der Waals surface area contributed by atoms with Gasteiger partial charge in [0.15, 0.2) is 6.61 Å². The number of ether oxygens (including phenoxy) is 1. The quantitative estimate of drug-likeness (QED) is 0.563. The van der Waals surface area contributed by atoms with Gasteiger partial charge in [-0.05, 0) is 36.6 Å². The topological polar surface area (TPSA) is 70.4 Å². The third kappa shape index (κ3) is 5.90. The molecule has 0 aliphatic carbocycles. The third-order valence-corrected chi connectivity index (χ3v) is 4.20. The van der Waals surface area contributed by atoms with Crippen molar-refractivity contribution in [3.63, 3.8) is 0 Å². The molecule has 0 bridgehead atoms. The summed E-state index contributed by atoms with van der Waals surface area (Å²) >= 11 is 1.50. The SMILES string of the molecule is Cc1ccc(N(CCC#N)C(=O)COC(=O)/C=C/c2cccs2)cc1. The average molecular weight is 354 g/mol. The summed E-state index contributed by atoms with van der Waals surface area (Å²) < 4.78 is 5.01. The van der Waals surface area contributed by atoms with Crippen molar-refractivity contribution in [2.75, 3.05) is 18.1 Å². The van der Waals surface area contributed by atoms with Crippen LogP contribution in [-0.4, -0.2) is 25.0 Å². The number of amides is 1. The van der Waals surface area contributed by atoms with Gasteiger partial charge >= 0.3 is 5.97 Å². The molecule has 0 saturated heterocycles. The Labute approximate surface area is 150 Å². The van der Waals surface area contributed by atoms with Crippen LogP contribution >= 0.6 is 11.3 Å². The summed E-state index contributed by atoms with van der Waals surface area (Å²) in [5.41, 5.74) is 1.75. The standard InChI is InChI=1S/C19H18N2O3S/c1-15-5-7-16(8-6-15)21(12-3-11-20)18(22)14-24-19(23)10-9-17-4-2-13-25-17/h2,4-10,13H,3,12,14H2,1H3/b10-9+. The van der Waals surface area contributed by atoms with Crippen molar-refractivity contribution < 1.29 is 14.3 Å². The van der Waals surface area contributed by atoms with Gasteiger partial charge in [-0.1, -0.05) is 23.8 Å². The van der Waals surface area contributed by atoms with Gasteiger partial charge in [0.05, 0.1) is 12.5 Å². The molecule has 2 aromatic rings. The van der Waals surface area contributed by atoms with Crippen LogP contribution in [0, 0.1) is 18.3 Å². The molecule has 5 nitrogen and oxygen atoms in total. The number of esters is 1. The minimum absolute atomic E-state index is 0.200. The van der Waals surface area contributed by atoms with Gasteiger partial charge in [-0.3, -0.25) is 4.79 Å². The first-order chi connectivity index (χ1) is 12.1. The highest BCUT2D eigenvalue weighted by Crippen LogP contribution is 2.16. The molecule has 1 aromatic carbocycles. The third-order valence-electron chi connectivity index (χ3n) is 3.36. The van der Waals surface area contributed by atoms with E-state index in [0.29, 0.717) is 5.69 Å². The van der Waals surface area contributed by atoms with Crippen LogP contribution in [0.2, 0.25) is 0 Å². The molecule has 2 rings (SSSR count). The number of nitrogens with zero attached hydrogens (tertiary/aromatic N) is 2. The Bertz CT molecular complexity index is 774. The number of rotatable bonds is 7. The molecule has 0 radical (unpaired) electrons. The molecule has 0 aliphatic rings. The van der Waals surface area contributed by atoms with E-state index < -0.39 is 5.97 Å². The molecule has 0 aliphatic heterocycles. The van der Waals surface area contributed by atoms with E-state index in [1.807, 2.05) is 54.8 Å². The zero-order valence-corrected chi connectivity index (χ0v) is 14.7. The van der Waals surface area contributed by atoms with Gasteiger partial charge in [-0.2, -0.15) is 5.26 Å². The Morgan fingerprint density at radius 2 is 2.04 bits per heavy atom. The van der Waals surface area contributed by atoms with E-state index in [0.717, 1.165) is 10.4 Å². The number of hydrogen-bond donors (Lipinski definition) is 0. The molecule has 0 spiro atoms. The molecule has 128 valence electrons. The summed E-state index contributed by atoms with van der Waals surface area (Å²) in [6.07, 6.45) is 3.14. The van der Waals surface area contributed by atoms with Gasteiger partial charge in [-0.25, -0.2) is 4.79 Å². The summed E-state index contributed by atoms with van der Waals surface area (Å²) in [5.74, 6) is -0.942. The Morgan fingerprint density at radius 3 is 2.68 bits per heavy atom. The van der Waals surface area contributed by atoms with Crippen LogP contribution in [-0.2, 0) is 14.3 Å². The van der Waals surface area contributed by atoms with E-state index in [1.54, 1.807) is 6.08 Å². The summed E-state index contributed by atoms with van der Waals surface area (Å²) in [6.45, 7) is 1.83. The highest BCUT2D eigenvalue weighted by atomic mass is 32.1. The lowest BCUT2D eigenvalue weighted by molar-refractivity contribution is -0.142. The van der Waals surface area contributed by atoms with Crippen LogP contribution in [0.5, 0.6) is 0 Å². The molecular formula is C19H18N2O3S. The Kier molecular flexibility index (Phi) is 6.93. The molecule has 0 N–H and O–H groups in total. The van der Waals surface area contributed by atoms with Gasteiger partial charge in [0.25, 0.3) is 5.91 Å². The van der Waals surface area contributed by atoms with E-state index in [9.17, 15) is 9.59 Å². The number of benzene rings is 1. The fraction of sp³-hybridized carbons (Fsp3) is 0.211. The fourth-order valence-corrected chi connectivity index (χ4v) is 2.70. The zero-order chi connectivity index (χ0) is 18.1. The number of anilines is 1. The van der Waals surface area contributed by atoms with Crippen molar-refractivity contribution in [2.45, 2.75) is 13.3 Å². The van der Waals surface area contributed by atoms with Crippen molar-refractivity contribution in [1.29, 1.82) is 5.26 Å². The minimum Gasteiger partial charge on any atom is -0.452 e. The second-order valence-electron chi connectivity index (χ2n) is 5.25. The number of nitriles is 1. The Morgan fingerprint density at radius 1 is 1.28 bits per heavy atom. The average Bonchev–Trinajstić information content (AvgIpc) is 3.13. The fourth-order valence-electron chi connectivity index (χ4n) is 2.08. The maximum Gasteiger partial charge on any atom is 0.331 e. The monoisotopic (exact) mass is 354 g/mol. The molecule has 25 heavy (non-hydrogen) atoms. The van der Waals surface area contributed by atoms with Crippen LogP contribution in [0.15, 0.2) is 47.9 Å². The van der Waals surface area contributed by atoms with Gasteiger partial charge in [-0.15, -0.1) is 11.3 Å². The summed E-state index contributed by atoms with van der Waals surface area (Å²) in [5, 5.41) is 10.7. The minimum atomic E-state index is -0.578. The van der Waals surface area contributed by atoms with E-state index >= 15 is 0 Å². The Balaban J connectivity index is 1.95. The number of hydrogen-bond acceptors (Lipinski definition) is 5. The van der Waals surface area contributed by atoms with Crippen LogP contribution < -0.4 is 4.90 Å². The van der Waals surface area contributed by atoms with Gasteiger partial charge in [0.2, 0.25) is 0 Å². The second-order valence-corrected chi connectivity index (χ2v) is 6.22. The lowest BCUT2D eigenvalue weighted by atomic mass is 10.2. The lowest BCUT2D eigenvalue weighted by Crippen LogP contribution is -2.35. The van der Waals surface area contributed by atoms with E-state index in [-0.39, 0.29) is 25.5 Å². The van der Waals surface area contributed by atoms with Crippen molar-refractivity contribution in [1.82, 2.24) is 0 Å². The Hall–Kier alpha value is -2.91. The summed E-state index contributed by atoms with van der Waals surface area (Å²) in [7, 11) is 0. The van der Waals surface area contributed by atoms with Crippen LogP contribution in [0.4, 0.5) is 5.69 Å². The van der Waals surface area contributed by atoms with Crippen molar-refractivity contribution in [3.8, 4) is 6.07 Å². The second kappa shape index (κ2) is 9.40. The number of carbonyl (C=O) groups is 2. The summed E-state index contributed by atoms with van der Waals surface area (Å²) in [6, 6.07) is 13.2. The summed E-state index contributed by atoms with van der Waals surface area (Å²) in [4.78, 5) is 26.5. The van der Waals surface area contributed by atoms with Crippen LogP contribution in [0.1, 0.15) is 16.9 Å².